The Kier molecular flexibility index (Phi) is 8.38. The van der Waals surface area contributed by atoms with E-state index >= 15 is 0 Å². The highest BCUT2D eigenvalue weighted by Crippen LogP contribution is 2.33. The van der Waals surface area contributed by atoms with Gasteiger partial charge in [-0.1, -0.05) is 54.1 Å². The predicted molar refractivity (Wildman–Crippen MR) is 151 cm³/mol. The van der Waals surface area contributed by atoms with Gasteiger partial charge in [0.15, 0.2) is 0 Å². The van der Waals surface area contributed by atoms with Crippen LogP contribution >= 0.6 is 38.9 Å². The third-order valence-corrected chi connectivity index (χ3v) is 11.4. The molecule has 0 bridgehead atoms. The molecule has 3 aromatic rings. The molecule has 0 spiro atoms. The molecule has 0 N–H and O–H groups in total. The molecule has 2 atom stereocenters. The number of halogens is 2. The van der Waals surface area contributed by atoms with Gasteiger partial charge in [-0.25, -0.2) is 8.42 Å². The highest BCUT2D eigenvalue weighted by Gasteiger charge is 2.37. The van der Waals surface area contributed by atoms with Crippen LogP contribution in [0.5, 0.6) is 0 Å². The Hall–Kier alpha value is -1.75. The number of amides is 1. The summed E-state index contributed by atoms with van der Waals surface area (Å²) < 4.78 is 28.8. The van der Waals surface area contributed by atoms with Crippen LogP contribution in [0.3, 0.4) is 0 Å². The Labute approximate surface area is 236 Å². The minimum atomic E-state index is -3.59. The van der Waals surface area contributed by atoms with Crippen LogP contribution in [0.25, 0.3) is 0 Å². The standard InChI is InChI=1S/C27H29BrClN3O3S2/c28-24-12-13-25(36-24)37(34,35)32-14-4-7-22(19-32)27(33)31-17-15-30(16-18-31)26(20-5-2-1-3-6-20)21-8-10-23(29)11-9-21/h1-3,5-6,8-13,22,26H,4,7,14-19H2/t22-,26-/m1/s1. The lowest BCUT2D eigenvalue weighted by molar-refractivity contribution is -0.138. The summed E-state index contributed by atoms with van der Waals surface area (Å²) in [6, 6.07) is 21.8. The summed E-state index contributed by atoms with van der Waals surface area (Å²) in [5.41, 5.74) is 2.38. The molecule has 2 aliphatic heterocycles. The first kappa shape index (κ1) is 26.8. The zero-order valence-corrected chi connectivity index (χ0v) is 24.3. The highest BCUT2D eigenvalue weighted by atomic mass is 79.9. The number of piperazine rings is 1. The Morgan fingerprint density at radius 3 is 2.24 bits per heavy atom. The second-order valence-electron chi connectivity index (χ2n) is 9.49. The van der Waals surface area contributed by atoms with Crippen molar-refractivity contribution in [3.63, 3.8) is 0 Å². The fourth-order valence-corrected chi connectivity index (χ4v) is 9.09. The molecule has 0 aliphatic carbocycles. The van der Waals surface area contributed by atoms with Crippen molar-refractivity contribution < 1.29 is 13.2 Å². The fourth-order valence-electron chi connectivity index (χ4n) is 5.28. The molecule has 6 nitrogen and oxygen atoms in total. The highest BCUT2D eigenvalue weighted by molar-refractivity contribution is 9.11. The quantitative estimate of drug-likeness (QED) is 0.365. The Balaban J connectivity index is 1.26. The molecule has 3 heterocycles. The normalized spacial score (nSPS) is 20.6. The number of rotatable bonds is 6. The van der Waals surface area contributed by atoms with Gasteiger partial charge in [0.1, 0.15) is 4.21 Å². The van der Waals surface area contributed by atoms with Crippen LogP contribution in [-0.2, 0) is 14.8 Å². The second kappa shape index (κ2) is 11.6. The van der Waals surface area contributed by atoms with Crippen LogP contribution in [-0.4, -0.2) is 67.7 Å². The van der Waals surface area contributed by atoms with Gasteiger partial charge in [0.25, 0.3) is 10.0 Å². The monoisotopic (exact) mass is 621 g/mol. The summed E-state index contributed by atoms with van der Waals surface area (Å²) in [7, 11) is -3.59. The van der Waals surface area contributed by atoms with Crippen LogP contribution in [0.15, 0.2) is 74.7 Å². The molecule has 1 aromatic heterocycles. The van der Waals surface area contributed by atoms with Crippen LogP contribution in [0.4, 0.5) is 0 Å². The van der Waals surface area contributed by atoms with E-state index < -0.39 is 10.0 Å². The van der Waals surface area contributed by atoms with Gasteiger partial charge in [-0.05, 0) is 64.2 Å². The lowest BCUT2D eigenvalue weighted by atomic mass is 9.95. The summed E-state index contributed by atoms with van der Waals surface area (Å²) in [6.45, 7) is 3.43. The van der Waals surface area contributed by atoms with E-state index in [9.17, 15) is 13.2 Å². The van der Waals surface area contributed by atoms with Gasteiger partial charge >= 0.3 is 0 Å². The maximum atomic E-state index is 13.5. The van der Waals surface area contributed by atoms with Gasteiger partial charge in [0.2, 0.25) is 5.91 Å². The van der Waals surface area contributed by atoms with E-state index in [1.807, 2.05) is 23.1 Å². The molecule has 1 amide bonds. The molecule has 0 radical (unpaired) electrons. The van der Waals surface area contributed by atoms with Crippen molar-refractivity contribution in [3.05, 3.63) is 86.7 Å². The number of piperidine rings is 1. The summed E-state index contributed by atoms with van der Waals surface area (Å²) in [5, 5.41) is 0.709. The van der Waals surface area contributed by atoms with E-state index in [4.69, 9.17) is 11.6 Å². The molecular formula is C27H29BrClN3O3S2. The van der Waals surface area contributed by atoms with Crippen molar-refractivity contribution in [1.29, 1.82) is 0 Å². The van der Waals surface area contributed by atoms with Crippen molar-refractivity contribution in [3.8, 4) is 0 Å². The maximum absolute atomic E-state index is 13.5. The molecule has 10 heteroatoms. The maximum Gasteiger partial charge on any atom is 0.252 e. The third kappa shape index (κ3) is 5.97. The first-order chi connectivity index (χ1) is 17.8. The number of carbonyl (C=O) groups is 1. The lowest BCUT2D eigenvalue weighted by Gasteiger charge is -2.41. The molecule has 37 heavy (non-hydrogen) atoms. The number of sulfonamides is 1. The van der Waals surface area contributed by atoms with Crippen molar-refractivity contribution >= 4 is 54.8 Å². The summed E-state index contributed by atoms with van der Waals surface area (Å²) in [6.07, 6.45) is 1.41. The van der Waals surface area contributed by atoms with Crippen LogP contribution < -0.4 is 0 Å². The second-order valence-corrected chi connectivity index (χ2v) is 14.6. The molecule has 0 saturated carbocycles. The average molecular weight is 623 g/mol. The lowest BCUT2D eigenvalue weighted by Crippen LogP contribution is -2.53. The number of nitrogens with zero attached hydrogens (tertiary/aromatic N) is 3. The van der Waals surface area contributed by atoms with E-state index in [-0.39, 0.29) is 24.4 Å². The van der Waals surface area contributed by atoms with Gasteiger partial charge < -0.3 is 4.90 Å². The van der Waals surface area contributed by atoms with Crippen LogP contribution in [0.1, 0.15) is 30.0 Å². The van der Waals surface area contributed by atoms with Gasteiger partial charge in [-0.2, -0.15) is 4.31 Å². The molecular weight excluding hydrogens is 594 g/mol. The van der Waals surface area contributed by atoms with Gasteiger partial charge in [-0.15, -0.1) is 11.3 Å². The first-order valence-electron chi connectivity index (χ1n) is 12.4. The number of hydrogen-bond acceptors (Lipinski definition) is 5. The van der Waals surface area contributed by atoms with Gasteiger partial charge in [0, 0.05) is 44.3 Å². The average Bonchev–Trinajstić information content (AvgIpc) is 3.38. The molecule has 2 saturated heterocycles. The number of thiophene rings is 1. The molecule has 196 valence electrons. The Morgan fingerprint density at radius 2 is 1.59 bits per heavy atom. The van der Waals surface area contributed by atoms with Gasteiger partial charge in [0.05, 0.1) is 15.7 Å². The topological polar surface area (TPSA) is 60.9 Å². The Morgan fingerprint density at radius 1 is 0.919 bits per heavy atom. The van der Waals surface area contributed by atoms with E-state index in [1.165, 1.54) is 26.8 Å². The largest absolute Gasteiger partial charge is 0.340 e. The van der Waals surface area contributed by atoms with Crippen LogP contribution in [0.2, 0.25) is 5.02 Å². The van der Waals surface area contributed by atoms with Crippen LogP contribution in [0, 0.1) is 5.92 Å². The van der Waals surface area contributed by atoms with Gasteiger partial charge in [-0.3, -0.25) is 9.69 Å². The zero-order valence-electron chi connectivity index (χ0n) is 20.3. The number of carbonyl (C=O) groups excluding carboxylic acids is 1. The summed E-state index contributed by atoms with van der Waals surface area (Å²) >= 11 is 10.7. The first-order valence-corrected chi connectivity index (χ1v) is 15.8. The minimum Gasteiger partial charge on any atom is -0.340 e. The van der Waals surface area contributed by atoms with E-state index in [1.54, 1.807) is 12.1 Å². The summed E-state index contributed by atoms with van der Waals surface area (Å²) in [4.78, 5) is 17.8. The Bertz CT molecular complexity index is 1330. The fraction of sp³-hybridized carbons (Fsp3) is 0.370. The minimum absolute atomic E-state index is 0.0645. The molecule has 5 rings (SSSR count). The number of benzene rings is 2. The zero-order chi connectivity index (χ0) is 26.0. The summed E-state index contributed by atoms with van der Waals surface area (Å²) in [5.74, 6) is -0.241. The van der Waals surface area contributed by atoms with E-state index in [0.29, 0.717) is 35.3 Å². The van der Waals surface area contributed by atoms with Crippen molar-refractivity contribution in [2.45, 2.75) is 23.1 Å². The molecule has 2 aromatic carbocycles. The molecule has 2 aliphatic rings. The van der Waals surface area contributed by atoms with Crippen molar-refractivity contribution in [2.24, 2.45) is 5.92 Å². The van der Waals surface area contributed by atoms with E-state index in [0.717, 1.165) is 23.3 Å². The third-order valence-electron chi connectivity index (χ3n) is 7.17. The van der Waals surface area contributed by atoms with Crippen molar-refractivity contribution in [2.75, 3.05) is 39.3 Å². The van der Waals surface area contributed by atoms with Crippen molar-refractivity contribution in [1.82, 2.24) is 14.1 Å². The number of hydrogen-bond donors (Lipinski definition) is 0. The smallest absolute Gasteiger partial charge is 0.252 e. The predicted octanol–water partition coefficient (Wildman–Crippen LogP) is 5.50. The SMILES string of the molecule is O=C([C@@H]1CCCN(S(=O)(=O)c2ccc(Br)s2)C1)N1CCN([C@H](c2ccccc2)c2ccc(Cl)cc2)CC1. The molecule has 0 unspecified atom stereocenters. The molecule has 2 fully saturated rings. The van der Waals surface area contributed by atoms with E-state index in [2.05, 4.69) is 57.2 Å².